The second-order valence-electron chi connectivity index (χ2n) is 4.04. The second kappa shape index (κ2) is 4.49. The molecule has 1 aliphatic heterocycles. The minimum Gasteiger partial charge on any atom is -0.373 e. The molecule has 1 N–H and O–H groups in total. The third-order valence-corrected chi connectivity index (χ3v) is 2.82. The van der Waals surface area contributed by atoms with Gasteiger partial charge in [0.2, 0.25) is 0 Å². The number of likely N-dealkylation sites (tertiary alicyclic amines) is 1. The average Bonchev–Trinajstić information content (AvgIpc) is 2.31. The number of amides is 1. The number of carbonyl (C=O) groups excluding carboxylic acids is 1. The van der Waals surface area contributed by atoms with Crippen LogP contribution in [-0.2, 0) is 11.3 Å². The first-order chi connectivity index (χ1) is 7.68. The zero-order chi connectivity index (χ0) is 11.5. The van der Waals surface area contributed by atoms with Gasteiger partial charge in [-0.2, -0.15) is 0 Å². The Morgan fingerprint density at radius 2 is 2.06 bits per heavy atom. The zero-order valence-electron chi connectivity index (χ0n) is 9.10. The van der Waals surface area contributed by atoms with Gasteiger partial charge < -0.3 is 10.0 Å². The molecule has 16 heavy (non-hydrogen) atoms. The van der Waals surface area contributed by atoms with Gasteiger partial charge in [0.25, 0.3) is 5.91 Å². The first kappa shape index (κ1) is 10.9. The lowest BCUT2D eigenvalue weighted by Crippen LogP contribution is -2.43. The summed E-state index contributed by atoms with van der Waals surface area (Å²) in [7, 11) is 0. The molecule has 1 aromatic carbocycles. The number of hydrogen-bond donors (Lipinski definition) is 1. The van der Waals surface area contributed by atoms with Crippen LogP contribution in [0.3, 0.4) is 0 Å². The maximum absolute atomic E-state index is 11.8. The molecule has 1 atom stereocenters. The van der Waals surface area contributed by atoms with Crippen molar-refractivity contribution < 1.29 is 9.90 Å². The van der Waals surface area contributed by atoms with Gasteiger partial charge in [0.05, 0.1) is 0 Å². The lowest BCUT2D eigenvalue weighted by molar-refractivity contribution is -0.141. The Hall–Kier alpha value is -1.61. The summed E-state index contributed by atoms with van der Waals surface area (Å²) in [5.41, 5.74) is 1.60. The van der Waals surface area contributed by atoms with E-state index in [0.717, 1.165) is 5.56 Å². The lowest BCUT2D eigenvalue weighted by atomic mass is 10.0. The van der Waals surface area contributed by atoms with E-state index < -0.39 is 6.23 Å². The van der Waals surface area contributed by atoms with E-state index in [0.29, 0.717) is 25.0 Å². The Morgan fingerprint density at radius 3 is 2.75 bits per heavy atom. The van der Waals surface area contributed by atoms with Gasteiger partial charge in [-0.25, -0.2) is 0 Å². The van der Waals surface area contributed by atoms with E-state index in [2.05, 4.69) is 6.58 Å². The van der Waals surface area contributed by atoms with E-state index in [1.807, 2.05) is 30.3 Å². The highest BCUT2D eigenvalue weighted by Crippen LogP contribution is 2.21. The van der Waals surface area contributed by atoms with Gasteiger partial charge in [0.1, 0.15) is 6.23 Å². The second-order valence-corrected chi connectivity index (χ2v) is 4.04. The summed E-state index contributed by atoms with van der Waals surface area (Å²) >= 11 is 0. The van der Waals surface area contributed by atoms with Crippen molar-refractivity contribution in [2.24, 2.45) is 0 Å². The minimum absolute atomic E-state index is 0.136. The van der Waals surface area contributed by atoms with Crippen molar-refractivity contribution in [3.63, 3.8) is 0 Å². The third-order valence-electron chi connectivity index (χ3n) is 2.82. The monoisotopic (exact) mass is 217 g/mol. The number of benzene rings is 1. The minimum atomic E-state index is -0.682. The molecule has 2 rings (SSSR count). The average molecular weight is 217 g/mol. The van der Waals surface area contributed by atoms with Gasteiger partial charge in [-0.3, -0.25) is 4.79 Å². The highest BCUT2D eigenvalue weighted by atomic mass is 16.3. The van der Waals surface area contributed by atoms with Gasteiger partial charge in [0, 0.05) is 12.1 Å². The largest absolute Gasteiger partial charge is 0.373 e. The Balaban J connectivity index is 2.13. The molecule has 1 fully saturated rings. The van der Waals surface area contributed by atoms with Crippen LogP contribution in [0.2, 0.25) is 0 Å². The highest BCUT2D eigenvalue weighted by Gasteiger charge is 2.28. The van der Waals surface area contributed by atoms with Crippen LogP contribution in [0, 0.1) is 0 Å². The standard InChI is InChI=1S/C13H15NO2/c1-10-7-8-12(15)14(13(10)16)9-11-5-3-2-4-6-11/h2-6,12,15H,1,7-9H2. The maximum atomic E-state index is 11.8. The lowest BCUT2D eigenvalue weighted by Gasteiger charge is -2.33. The Bertz CT molecular complexity index is 400. The van der Waals surface area contributed by atoms with Gasteiger partial charge in [0.15, 0.2) is 0 Å². The van der Waals surface area contributed by atoms with Crippen LogP contribution in [0.25, 0.3) is 0 Å². The molecule has 1 aliphatic rings. The van der Waals surface area contributed by atoms with Crippen molar-refractivity contribution in [3.05, 3.63) is 48.0 Å². The number of carbonyl (C=O) groups is 1. The first-order valence-electron chi connectivity index (χ1n) is 5.39. The van der Waals surface area contributed by atoms with Gasteiger partial charge in [-0.1, -0.05) is 36.9 Å². The number of hydrogen-bond acceptors (Lipinski definition) is 2. The Morgan fingerprint density at radius 1 is 1.38 bits per heavy atom. The Labute approximate surface area is 95.0 Å². The molecule has 84 valence electrons. The van der Waals surface area contributed by atoms with Gasteiger partial charge >= 0.3 is 0 Å². The number of aliphatic hydroxyl groups is 1. The smallest absolute Gasteiger partial charge is 0.251 e. The van der Waals surface area contributed by atoms with E-state index >= 15 is 0 Å². The molecule has 0 spiro atoms. The van der Waals surface area contributed by atoms with Crippen LogP contribution in [0.4, 0.5) is 0 Å². The molecular weight excluding hydrogens is 202 g/mol. The first-order valence-corrected chi connectivity index (χ1v) is 5.39. The highest BCUT2D eigenvalue weighted by molar-refractivity contribution is 5.93. The molecule has 1 saturated heterocycles. The SMILES string of the molecule is C=C1CCC(O)N(Cc2ccccc2)C1=O. The topological polar surface area (TPSA) is 40.5 Å². The molecule has 1 amide bonds. The summed E-state index contributed by atoms with van der Waals surface area (Å²) in [6, 6.07) is 9.65. The quantitative estimate of drug-likeness (QED) is 0.766. The van der Waals surface area contributed by atoms with Crippen molar-refractivity contribution in [3.8, 4) is 0 Å². The van der Waals surface area contributed by atoms with Gasteiger partial charge in [-0.15, -0.1) is 0 Å². The molecule has 1 aromatic rings. The van der Waals surface area contributed by atoms with Crippen LogP contribution in [0.1, 0.15) is 18.4 Å². The van der Waals surface area contributed by atoms with Crippen molar-refractivity contribution in [1.82, 2.24) is 4.90 Å². The van der Waals surface area contributed by atoms with Gasteiger partial charge in [-0.05, 0) is 18.4 Å². The molecule has 0 saturated carbocycles. The summed E-state index contributed by atoms with van der Waals surface area (Å²) in [5.74, 6) is -0.136. The molecule has 1 heterocycles. The summed E-state index contributed by atoms with van der Waals surface area (Å²) in [5, 5.41) is 9.78. The van der Waals surface area contributed by atoms with Crippen molar-refractivity contribution in [2.45, 2.75) is 25.6 Å². The Kier molecular flexibility index (Phi) is 3.06. The fourth-order valence-corrected chi connectivity index (χ4v) is 1.86. The summed E-state index contributed by atoms with van der Waals surface area (Å²) < 4.78 is 0. The normalized spacial score (nSPS) is 21.3. The van der Waals surface area contributed by atoms with Crippen LogP contribution in [0.15, 0.2) is 42.5 Å². The van der Waals surface area contributed by atoms with Crippen molar-refractivity contribution >= 4 is 5.91 Å². The van der Waals surface area contributed by atoms with E-state index in [9.17, 15) is 9.90 Å². The number of rotatable bonds is 2. The van der Waals surface area contributed by atoms with Crippen molar-refractivity contribution in [1.29, 1.82) is 0 Å². The molecular formula is C13H15NO2. The number of nitrogens with zero attached hydrogens (tertiary/aromatic N) is 1. The molecule has 3 heteroatoms. The zero-order valence-corrected chi connectivity index (χ0v) is 9.10. The fraction of sp³-hybridized carbons (Fsp3) is 0.308. The van der Waals surface area contributed by atoms with E-state index in [4.69, 9.17) is 0 Å². The third kappa shape index (κ3) is 2.14. The molecule has 1 unspecified atom stereocenters. The molecule has 0 radical (unpaired) electrons. The van der Waals surface area contributed by atoms with Crippen molar-refractivity contribution in [2.75, 3.05) is 0 Å². The van der Waals surface area contributed by atoms with E-state index in [-0.39, 0.29) is 5.91 Å². The molecule has 3 nitrogen and oxygen atoms in total. The number of piperidine rings is 1. The van der Waals surface area contributed by atoms with E-state index in [1.165, 1.54) is 4.90 Å². The summed E-state index contributed by atoms with van der Waals surface area (Å²) in [6.45, 7) is 4.16. The van der Waals surface area contributed by atoms with Crippen LogP contribution < -0.4 is 0 Å². The molecule has 0 aromatic heterocycles. The van der Waals surface area contributed by atoms with Crippen LogP contribution in [0.5, 0.6) is 0 Å². The number of aliphatic hydroxyl groups excluding tert-OH is 1. The van der Waals surface area contributed by atoms with E-state index in [1.54, 1.807) is 0 Å². The molecule has 0 aliphatic carbocycles. The summed E-state index contributed by atoms with van der Waals surface area (Å²) in [4.78, 5) is 13.3. The van der Waals surface area contributed by atoms with Crippen LogP contribution in [-0.4, -0.2) is 22.1 Å². The predicted octanol–water partition coefficient (Wildman–Crippen LogP) is 1.68. The molecule has 0 bridgehead atoms. The fourth-order valence-electron chi connectivity index (χ4n) is 1.86. The predicted molar refractivity (Wildman–Crippen MR) is 61.4 cm³/mol. The maximum Gasteiger partial charge on any atom is 0.251 e. The van der Waals surface area contributed by atoms with Crippen LogP contribution >= 0.6 is 0 Å². The summed E-state index contributed by atoms with van der Waals surface area (Å²) in [6.07, 6.45) is 0.487.